The number of nitrogens with one attached hydrogen (secondary N) is 2. The van der Waals surface area contributed by atoms with Gasteiger partial charge in [0.25, 0.3) is 0 Å². The van der Waals surface area contributed by atoms with Crippen molar-refractivity contribution >= 4 is 21.5 Å². The van der Waals surface area contributed by atoms with Crippen molar-refractivity contribution in [1.82, 2.24) is 20.4 Å². The molecule has 0 rings (SSSR count). The lowest BCUT2D eigenvalue weighted by Crippen LogP contribution is -2.44. The summed E-state index contributed by atoms with van der Waals surface area (Å²) in [5.41, 5.74) is 5.86. The monoisotopic (exact) mass is 884 g/mol. The van der Waals surface area contributed by atoms with Crippen LogP contribution >= 0.6 is 21.5 Å². The number of rotatable bonds is 45. The number of methoxy groups -OCH3 is 1. The van der Waals surface area contributed by atoms with Gasteiger partial charge in [-0.3, -0.25) is 30.7 Å². The summed E-state index contributed by atoms with van der Waals surface area (Å²) in [6.07, 6.45) is 3.99. The van der Waals surface area contributed by atoms with Gasteiger partial charge < -0.3 is 50.6 Å². The van der Waals surface area contributed by atoms with Crippen molar-refractivity contribution in [3.8, 4) is 0 Å². The molecule has 17 nitrogen and oxygen atoms in total. The molecule has 0 saturated heterocycles. The fraction of sp³-hybridized carbons (Fsp3) is 1.00. The van der Waals surface area contributed by atoms with Crippen molar-refractivity contribution in [3.05, 3.63) is 0 Å². The Morgan fingerprint density at radius 2 is 1.09 bits per heavy atom. The van der Waals surface area contributed by atoms with E-state index in [1.165, 1.54) is 12.8 Å². The molecule has 0 aliphatic carbocycles. The van der Waals surface area contributed by atoms with E-state index < -0.39 is 39.8 Å². The van der Waals surface area contributed by atoms with Gasteiger partial charge in [-0.15, -0.1) is 0 Å². The van der Waals surface area contributed by atoms with E-state index in [0.717, 1.165) is 51.2 Å². The van der Waals surface area contributed by atoms with Crippen molar-refractivity contribution in [1.29, 1.82) is 0 Å². The van der Waals surface area contributed by atoms with Gasteiger partial charge in [0.2, 0.25) is 0 Å². The minimum atomic E-state index is -2.04. The van der Waals surface area contributed by atoms with Gasteiger partial charge in [0.15, 0.2) is 0 Å². The van der Waals surface area contributed by atoms with Crippen LogP contribution in [0.2, 0.25) is 0 Å². The minimum Gasteiger partial charge on any atom is -0.389 e. The molecule has 4 unspecified atom stereocenters. The Morgan fingerprint density at radius 3 is 1.57 bits per heavy atom. The van der Waals surface area contributed by atoms with E-state index in [1.807, 2.05) is 0 Å². The van der Waals surface area contributed by atoms with Gasteiger partial charge in [0.1, 0.15) is 0 Å². The smallest absolute Gasteiger partial charge is 0.0900 e. The Balaban J connectivity index is 4.69. The second-order valence-electron chi connectivity index (χ2n) is 14.4. The van der Waals surface area contributed by atoms with Crippen molar-refractivity contribution < 1.29 is 55.2 Å². The zero-order chi connectivity index (χ0) is 43.3. The highest BCUT2D eigenvalue weighted by atomic mass is 32.3. The highest BCUT2D eigenvalue weighted by molar-refractivity contribution is 8.25. The topological polar surface area (TPSA) is 200 Å². The molecule has 0 fully saturated rings. The van der Waals surface area contributed by atoms with Gasteiger partial charge in [-0.25, -0.2) is 0 Å². The Morgan fingerprint density at radius 1 is 0.569 bits per heavy atom. The van der Waals surface area contributed by atoms with Gasteiger partial charge in [-0.2, -0.15) is 10.6 Å². The summed E-state index contributed by atoms with van der Waals surface area (Å²) >= 11 is 0. The number of nitrogens with zero attached hydrogens (tertiary/aromatic N) is 2. The van der Waals surface area contributed by atoms with E-state index in [0.29, 0.717) is 96.1 Å². The molecular formula is C39H89N5O12S2. The molecule has 0 aromatic rings. The SMILES string of the molecule is CCCCC(CC)COCC(O)CN(CCNCCNCCN(CCN)CC(O)COCCCS(CCOC)(OC)OC)CC(O)COCCCS(OC)(OC)OC. The Labute approximate surface area is 356 Å². The molecule has 0 amide bonds. The molecule has 0 radical (unpaired) electrons. The Hall–Kier alpha value is 0.0200. The molecule has 4 atom stereocenters. The molecule has 0 aliphatic heterocycles. The molecule has 7 N–H and O–H groups in total. The van der Waals surface area contributed by atoms with Crippen LogP contribution in [0.1, 0.15) is 52.4 Å². The van der Waals surface area contributed by atoms with Gasteiger partial charge in [-0.1, -0.05) is 33.1 Å². The zero-order valence-corrected chi connectivity index (χ0v) is 39.3. The van der Waals surface area contributed by atoms with Gasteiger partial charge in [0.05, 0.1) is 96.9 Å². The number of hydrogen-bond acceptors (Lipinski definition) is 17. The van der Waals surface area contributed by atoms with E-state index in [2.05, 4.69) is 34.3 Å². The molecule has 0 aliphatic rings. The highest BCUT2D eigenvalue weighted by Gasteiger charge is 2.23. The van der Waals surface area contributed by atoms with Crippen molar-refractivity contribution in [2.75, 3.05) is 178 Å². The normalized spacial score (nSPS) is 15.3. The maximum absolute atomic E-state index is 10.9. The number of ether oxygens (including phenoxy) is 4. The maximum atomic E-state index is 10.9. The first kappa shape index (κ1) is 58.0. The van der Waals surface area contributed by atoms with Crippen LogP contribution in [0.4, 0.5) is 0 Å². The van der Waals surface area contributed by atoms with Crippen LogP contribution in [-0.2, 0) is 39.9 Å². The van der Waals surface area contributed by atoms with E-state index >= 15 is 0 Å². The minimum absolute atomic E-state index is 0.178. The third kappa shape index (κ3) is 29.3. The van der Waals surface area contributed by atoms with E-state index in [9.17, 15) is 15.3 Å². The Bertz CT molecular complexity index is 885. The number of hydrogen-bond donors (Lipinski definition) is 6. The van der Waals surface area contributed by atoms with Gasteiger partial charge in [-0.05, 0) is 25.2 Å². The third-order valence-electron chi connectivity index (χ3n) is 9.76. The van der Waals surface area contributed by atoms with Crippen molar-refractivity contribution in [2.45, 2.75) is 70.7 Å². The number of nitrogens with two attached hydrogens (primary N) is 1. The predicted molar refractivity (Wildman–Crippen MR) is 237 cm³/mol. The summed E-state index contributed by atoms with van der Waals surface area (Å²) in [4.78, 5) is 4.20. The summed E-state index contributed by atoms with van der Waals surface area (Å²) in [6, 6.07) is 0. The second-order valence-corrected chi connectivity index (χ2v) is 19.9. The average molecular weight is 884 g/mol. The average Bonchev–Trinajstić information content (AvgIpc) is 3.22. The summed E-state index contributed by atoms with van der Waals surface area (Å²) in [7, 11) is 6.02. The first-order valence-corrected chi connectivity index (χ1v) is 24.7. The molecule has 354 valence electrons. The van der Waals surface area contributed by atoms with Crippen LogP contribution < -0.4 is 16.4 Å². The molecule has 0 heterocycles. The van der Waals surface area contributed by atoms with E-state index in [1.54, 1.807) is 42.7 Å². The Kier molecular flexibility index (Phi) is 38.7. The zero-order valence-electron chi connectivity index (χ0n) is 37.7. The largest absolute Gasteiger partial charge is 0.389 e. The third-order valence-corrected chi connectivity index (χ3v) is 15.0. The van der Waals surface area contributed by atoms with E-state index in [-0.39, 0.29) is 19.8 Å². The molecule has 0 bridgehead atoms. The predicted octanol–water partition coefficient (Wildman–Crippen LogP) is 1.92. The second kappa shape index (κ2) is 38.7. The summed E-state index contributed by atoms with van der Waals surface area (Å²) < 4.78 is 50.3. The summed E-state index contributed by atoms with van der Waals surface area (Å²) in [6.45, 7) is 14.0. The van der Waals surface area contributed by atoms with Gasteiger partial charge >= 0.3 is 0 Å². The lowest BCUT2D eigenvalue weighted by atomic mass is 10.0. The summed E-state index contributed by atoms with van der Waals surface area (Å²) in [5.74, 6) is 2.53. The lowest BCUT2D eigenvalue weighted by molar-refractivity contribution is -0.0157. The van der Waals surface area contributed by atoms with Crippen LogP contribution in [0.25, 0.3) is 0 Å². The molecule has 0 saturated carbocycles. The van der Waals surface area contributed by atoms with Gasteiger partial charge in [0, 0.05) is 110 Å². The highest BCUT2D eigenvalue weighted by Crippen LogP contribution is 2.50. The van der Waals surface area contributed by atoms with Crippen LogP contribution in [0.5, 0.6) is 0 Å². The first-order chi connectivity index (χ1) is 28.0. The summed E-state index contributed by atoms with van der Waals surface area (Å²) in [5, 5.41) is 39.3. The van der Waals surface area contributed by atoms with Crippen molar-refractivity contribution in [2.24, 2.45) is 11.7 Å². The number of aliphatic hydroxyl groups excluding tert-OH is 3. The molecular weight excluding hydrogens is 795 g/mol. The molecule has 19 heteroatoms. The van der Waals surface area contributed by atoms with Crippen LogP contribution in [0.15, 0.2) is 0 Å². The lowest BCUT2D eigenvalue weighted by Gasteiger charge is -2.40. The standard InChI is InChI=1S/C39H89N5O12S2/c1-9-11-14-36(10-2)32-56-35-39(47)31-44(30-38(46)34-55-24-13-27-58(51-6,52-7)53-8)22-19-42-17-16-41-18-21-43(20-15-40)29-37(45)33-54-23-12-26-57(49-4,50-5)28-25-48-3/h36-39,41-42,45-47H,9-35,40H2,1-8H3. The van der Waals surface area contributed by atoms with Crippen LogP contribution in [0, 0.1) is 5.92 Å². The number of aliphatic hydroxyl groups is 3. The number of unbranched alkanes of at least 4 members (excludes halogenated alkanes) is 1. The molecule has 0 spiro atoms. The van der Waals surface area contributed by atoms with Crippen LogP contribution in [-0.4, -0.2) is 222 Å². The first-order valence-electron chi connectivity index (χ1n) is 21.3. The fourth-order valence-electron chi connectivity index (χ4n) is 6.28. The molecule has 58 heavy (non-hydrogen) atoms. The molecule has 0 aromatic heterocycles. The quantitative estimate of drug-likeness (QED) is 0.0485. The van der Waals surface area contributed by atoms with E-state index in [4.69, 9.17) is 45.6 Å². The maximum Gasteiger partial charge on any atom is 0.0900 e. The van der Waals surface area contributed by atoms with Crippen molar-refractivity contribution in [3.63, 3.8) is 0 Å². The fourth-order valence-corrected chi connectivity index (χ4v) is 9.65. The van der Waals surface area contributed by atoms with Crippen LogP contribution in [0.3, 0.4) is 0 Å². The molecule has 0 aromatic carbocycles.